The van der Waals surface area contributed by atoms with Crippen LogP contribution >= 0.6 is 27.5 Å². The summed E-state index contributed by atoms with van der Waals surface area (Å²) < 4.78 is 0.923. The minimum Gasteiger partial charge on any atom is -0.276 e. The molecule has 1 heterocycles. The van der Waals surface area contributed by atoms with E-state index in [2.05, 4.69) is 26.1 Å². The first-order valence-electron chi connectivity index (χ1n) is 5.81. The van der Waals surface area contributed by atoms with Crippen molar-refractivity contribution in [3.8, 4) is 22.5 Å². The van der Waals surface area contributed by atoms with Crippen molar-refractivity contribution in [1.82, 2.24) is 10.2 Å². The molecule has 0 unspecified atom stereocenters. The van der Waals surface area contributed by atoms with E-state index in [4.69, 9.17) is 11.6 Å². The summed E-state index contributed by atoms with van der Waals surface area (Å²) in [5.41, 5.74) is 3.77. The number of benzene rings is 2. The van der Waals surface area contributed by atoms with E-state index in [-0.39, 0.29) is 0 Å². The number of H-pyrrole nitrogens is 1. The van der Waals surface area contributed by atoms with E-state index < -0.39 is 0 Å². The fourth-order valence-corrected chi connectivity index (χ4v) is 2.81. The lowest BCUT2D eigenvalue weighted by Crippen LogP contribution is -1.80. The molecule has 0 fully saturated rings. The molecular formula is C15H10BrClN2. The van der Waals surface area contributed by atoms with Crippen molar-refractivity contribution >= 4 is 27.5 Å². The number of rotatable bonds is 2. The second-order valence-corrected chi connectivity index (χ2v) is 5.31. The fourth-order valence-electron chi connectivity index (χ4n) is 1.96. The number of halogens is 2. The summed E-state index contributed by atoms with van der Waals surface area (Å²) in [6.07, 6.45) is 0. The van der Waals surface area contributed by atoms with Gasteiger partial charge in [-0.1, -0.05) is 60.1 Å². The molecule has 19 heavy (non-hydrogen) atoms. The van der Waals surface area contributed by atoms with E-state index in [0.29, 0.717) is 5.02 Å². The highest BCUT2D eigenvalue weighted by atomic mass is 79.9. The summed E-state index contributed by atoms with van der Waals surface area (Å²) in [6.45, 7) is 0. The molecule has 0 radical (unpaired) electrons. The monoisotopic (exact) mass is 332 g/mol. The average molecular weight is 334 g/mol. The van der Waals surface area contributed by atoms with Gasteiger partial charge in [0.2, 0.25) is 0 Å². The van der Waals surface area contributed by atoms with Crippen molar-refractivity contribution in [2.75, 3.05) is 0 Å². The summed E-state index contributed by atoms with van der Waals surface area (Å²) in [7, 11) is 0. The first-order chi connectivity index (χ1) is 9.27. The van der Waals surface area contributed by atoms with Crippen molar-refractivity contribution < 1.29 is 0 Å². The summed E-state index contributed by atoms with van der Waals surface area (Å²) in [5.74, 6) is 0. The smallest absolute Gasteiger partial charge is 0.107 e. The van der Waals surface area contributed by atoms with Crippen LogP contribution in [0.25, 0.3) is 22.5 Å². The van der Waals surface area contributed by atoms with Gasteiger partial charge in [0.05, 0.1) is 10.2 Å². The molecule has 2 aromatic carbocycles. The largest absolute Gasteiger partial charge is 0.276 e. The van der Waals surface area contributed by atoms with Gasteiger partial charge in [-0.15, -0.1) is 0 Å². The van der Waals surface area contributed by atoms with Crippen molar-refractivity contribution in [2.24, 2.45) is 0 Å². The van der Waals surface area contributed by atoms with Gasteiger partial charge < -0.3 is 0 Å². The SMILES string of the molecule is Clc1ccccc1-c1[nH]nc(-c2ccccc2)c1Br. The molecule has 0 saturated carbocycles. The summed E-state index contributed by atoms with van der Waals surface area (Å²) >= 11 is 9.82. The third-order valence-corrected chi connectivity index (χ3v) is 4.00. The first-order valence-corrected chi connectivity index (χ1v) is 6.98. The highest BCUT2D eigenvalue weighted by Gasteiger charge is 2.15. The summed E-state index contributed by atoms with van der Waals surface area (Å²) in [5, 5.41) is 8.12. The molecule has 0 amide bonds. The standard InChI is InChI=1S/C15H10BrClN2/c16-13-14(10-6-2-1-3-7-10)18-19-15(13)11-8-4-5-9-12(11)17/h1-9H,(H,18,19). The van der Waals surface area contributed by atoms with Crippen molar-refractivity contribution in [3.05, 3.63) is 64.1 Å². The highest BCUT2D eigenvalue weighted by molar-refractivity contribution is 9.10. The lowest BCUT2D eigenvalue weighted by Gasteiger charge is -2.02. The van der Waals surface area contributed by atoms with Gasteiger partial charge in [0.15, 0.2) is 0 Å². The number of aromatic amines is 1. The zero-order valence-electron chi connectivity index (χ0n) is 9.90. The Morgan fingerprint density at radius 3 is 2.37 bits per heavy atom. The number of aromatic nitrogens is 2. The Balaban J connectivity index is 2.12. The van der Waals surface area contributed by atoms with Crippen LogP contribution in [0, 0.1) is 0 Å². The van der Waals surface area contributed by atoms with Crippen molar-refractivity contribution in [3.63, 3.8) is 0 Å². The molecule has 0 spiro atoms. The molecule has 0 saturated heterocycles. The number of nitrogens with one attached hydrogen (secondary N) is 1. The molecule has 1 aromatic heterocycles. The lowest BCUT2D eigenvalue weighted by atomic mass is 10.1. The third kappa shape index (κ3) is 2.31. The molecular weight excluding hydrogens is 324 g/mol. The molecule has 0 aliphatic rings. The Kier molecular flexibility index (Phi) is 3.40. The Labute approximate surface area is 124 Å². The molecule has 94 valence electrons. The zero-order chi connectivity index (χ0) is 13.2. The normalized spacial score (nSPS) is 10.6. The van der Waals surface area contributed by atoms with Gasteiger partial charge in [0.25, 0.3) is 0 Å². The predicted octanol–water partition coefficient (Wildman–Crippen LogP) is 5.16. The van der Waals surface area contributed by atoms with Crippen LogP contribution in [0.3, 0.4) is 0 Å². The van der Waals surface area contributed by atoms with Crippen molar-refractivity contribution in [1.29, 1.82) is 0 Å². The highest BCUT2D eigenvalue weighted by Crippen LogP contribution is 2.37. The maximum Gasteiger partial charge on any atom is 0.107 e. The quantitative estimate of drug-likeness (QED) is 0.689. The first kappa shape index (κ1) is 12.5. The Bertz CT molecular complexity index is 707. The molecule has 4 heteroatoms. The predicted molar refractivity (Wildman–Crippen MR) is 82.2 cm³/mol. The van der Waals surface area contributed by atoms with Crippen LogP contribution in [0.5, 0.6) is 0 Å². The summed E-state index contributed by atoms with van der Waals surface area (Å²) in [4.78, 5) is 0. The van der Waals surface area contributed by atoms with Crippen LogP contribution in [-0.4, -0.2) is 10.2 Å². The second-order valence-electron chi connectivity index (χ2n) is 4.11. The van der Waals surface area contributed by atoms with Gasteiger partial charge in [-0.25, -0.2) is 0 Å². The second kappa shape index (κ2) is 5.19. The molecule has 0 aliphatic carbocycles. The number of hydrogen-bond donors (Lipinski definition) is 1. The molecule has 1 N–H and O–H groups in total. The molecule has 2 nitrogen and oxygen atoms in total. The molecule has 0 bridgehead atoms. The van der Waals surface area contributed by atoms with Crippen LogP contribution in [0.1, 0.15) is 0 Å². The van der Waals surface area contributed by atoms with Crippen LogP contribution in [-0.2, 0) is 0 Å². The Hall–Kier alpha value is -1.58. The average Bonchev–Trinajstić information content (AvgIpc) is 2.82. The summed E-state index contributed by atoms with van der Waals surface area (Å²) in [6, 6.07) is 17.7. The van der Waals surface area contributed by atoms with E-state index in [1.54, 1.807) is 0 Å². The zero-order valence-corrected chi connectivity index (χ0v) is 12.2. The maximum atomic E-state index is 6.22. The Morgan fingerprint density at radius 2 is 1.63 bits per heavy atom. The van der Waals surface area contributed by atoms with Gasteiger partial charge in [-0.3, -0.25) is 5.10 Å². The van der Waals surface area contributed by atoms with Crippen LogP contribution in [0.2, 0.25) is 5.02 Å². The van der Waals surface area contributed by atoms with E-state index in [1.165, 1.54) is 0 Å². The topological polar surface area (TPSA) is 28.7 Å². The molecule has 3 rings (SSSR count). The molecule has 0 aliphatic heterocycles. The van der Waals surface area contributed by atoms with Gasteiger partial charge in [0.1, 0.15) is 5.69 Å². The minimum atomic E-state index is 0.700. The van der Waals surface area contributed by atoms with E-state index in [0.717, 1.165) is 27.0 Å². The molecule has 3 aromatic rings. The van der Waals surface area contributed by atoms with E-state index >= 15 is 0 Å². The number of hydrogen-bond acceptors (Lipinski definition) is 1. The van der Waals surface area contributed by atoms with Gasteiger partial charge in [-0.2, -0.15) is 5.10 Å². The fraction of sp³-hybridized carbons (Fsp3) is 0. The van der Waals surface area contributed by atoms with Gasteiger partial charge in [0, 0.05) is 16.1 Å². The minimum absolute atomic E-state index is 0.700. The maximum absolute atomic E-state index is 6.22. The van der Waals surface area contributed by atoms with Gasteiger partial charge >= 0.3 is 0 Å². The van der Waals surface area contributed by atoms with E-state index in [9.17, 15) is 0 Å². The van der Waals surface area contributed by atoms with Crippen LogP contribution in [0.4, 0.5) is 0 Å². The number of nitrogens with zero attached hydrogens (tertiary/aromatic N) is 1. The third-order valence-electron chi connectivity index (χ3n) is 2.90. The van der Waals surface area contributed by atoms with Gasteiger partial charge in [-0.05, 0) is 22.0 Å². The lowest BCUT2D eigenvalue weighted by molar-refractivity contribution is 1.10. The van der Waals surface area contributed by atoms with Crippen LogP contribution in [0.15, 0.2) is 59.1 Å². The van der Waals surface area contributed by atoms with Crippen molar-refractivity contribution in [2.45, 2.75) is 0 Å². The Morgan fingerprint density at radius 1 is 0.947 bits per heavy atom. The van der Waals surface area contributed by atoms with E-state index in [1.807, 2.05) is 54.6 Å². The van der Waals surface area contributed by atoms with Crippen LogP contribution < -0.4 is 0 Å². The molecule has 0 atom stereocenters.